The van der Waals surface area contributed by atoms with Gasteiger partial charge in [0.15, 0.2) is 0 Å². The van der Waals surface area contributed by atoms with E-state index in [0.717, 1.165) is 45.1 Å². The van der Waals surface area contributed by atoms with Gasteiger partial charge in [0.1, 0.15) is 0 Å². The van der Waals surface area contributed by atoms with E-state index in [-0.39, 0.29) is 5.60 Å². The fourth-order valence-electron chi connectivity index (χ4n) is 3.44. The second kappa shape index (κ2) is 8.62. The highest BCUT2D eigenvalue weighted by molar-refractivity contribution is 7.99. The van der Waals surface area contributed by atoms with Gasteiger partial charge in [-0.05, 0) is 50.3 Å². The van der Waals surface area contributed by atoms with Crippen LogP contribution in [0.2, 0.25) is 0 Å². The molecule has 0 saturated carbocycles. The highest BCUT2D eigenvalue weighted by Gasteiger charge is 2.40. The van der Waals surface area contributed by atoms with E-state index >= 15 is 0 Å². The lowest BCUT2D eigenvalue weighted by Gasteiger charge is -2.45. The summed E-state index contributed by atoms with van der Waals surface area (Å²) < 4.78 is 11.7. The third kappa shape index (κ3) is 4.62. The Morgan fingerprint density at radius 2 is 2.05 bits per heavy atom. The molecular formula is C16H31NO2S. The molecular weight excluding hydrogens is 270 g/mol. The highest BCUT2D eigenvalue weighted by Crippen LogP contribution is 2.38. The van der Waals surface area contributed by atoms with Crippen molar-refractivity contribution in [2.45, 2.75) is 57.6 Å². The monoisotopic (exact) mass is 301 g/mol. The SMILES string of the molecule is CCCNC(CSCC)C1CCOC2(CCOCC2)C1. The summed E-state index contributed by atoms with van der Waals surface area (Å²) in [5, 5.41) is 3.79. The summed E-state index contributed by atoms with van der Waals surface area (Å²) in [4.78, 5) is 0. The van der Waals surface area contributed by atoms with Gasteiger partial charge in [0.05, 0.1) is 5.60 Å². The number of nitrogens with one attached hydrogen (secondary N) is 1. The summed E-state index contributed by atoms with van der Waals surface area (Å²) in [6, 6.07) is 0.656. The Balaban J connectivity index is 1.92. The molecule has 2 fully saturated rings. The first kappa shape index (κ1) is 16.6. The standard InChI is InChI=1S/C16H31NO2S/c1-3-8-17-15(13-20-4-2)14-5-9-19-16(12-14)6-10-18-11-7-16/h14-15,17H,3-13H2,1-2H3. The van der Waals surface area contributed by atoms with Gasteiger partial charge in [-0.2, -0.15) is 11.8 Å². The molecule has 0 amide bonds. The summed E-state index contributed by atoms with van der Waals surface area (Å²) in [5.41, 5.74) is 0.129. The second-order valence-corrected chi connectivity index (χ2v) is 7.44. The van der Waals surface area contributed by atoms with E-state index in [2.05, 4.69) is 30.9 Å². The van der Waals surface area contributed by atoms with Crippen LogP contribution in [0.5, 0.6) is 0 Å². The van der Waals surface area contributed by atoms with Crippen LogP contribution in [0.1, 0.15) is 46.0 Å². The van der Waals surface area contributed by atoms with E-state index < -0.39 is 0 Å². The van der Waals surface area contributed by atoms with Gasteiger partial charge in [-0.3, -0.25) is 0 Å². The van der Waals surface area contributed by atoms with Gasteiger partial charge in [0.25, 0.3) is 0 Å². The molecule has 0 radical (unpaired) electrons. The first-order valence-electron chi connectivity index (χ1n) is 8.32. The zero-order chi connectivity index (χ0) is 14.3. The van der Waals surface area contributed by atoms with Crippen LogP contribution in [0.4, 0.5) is 0 Å². The van der Waals surface area contributed by atoms with Crippen molar-refractivity contribution in [2.24, 2.45) is 5.92 Å². The molecule has 2 rings (SSSR count). The van der Waals surface area contributed by atoms with Gasteiger partial charge >= 0.3 is 0 Å². The normalized spacial score (nSPS) is 27.6. The Hall–Kier alpha value is 0.230. The molecule has 0 aromatic carbocycles. The minimum absolute atomic E-state index is 0.129. The number of thioether (sulfide) groups is 1. The number of hydrogen-bond acceptors (Lipinski definition) is 4. The average Bonchev–Trinajstić information content (AvgIpc) is 2.48. The summed E-state index contributed by atoms with van der Waals surface area (Å²) in [7, 11) is 0. The van der Waals surface area contributed by atoms with Crippen LogP contribution in [-0.2, 0) is 9.47 Å². The van der Waals surface area contributed by atoms with Crippen LogP contribution in [0, 0.1) is 5.92 Å². The molecule has 2 atom stereocenters. The van der Waals surface area contributed by atoms with Crippen molar-refractivity contribution in [3.05, 3.63) is 0 Å². The Morgan fingerprint density at radius 1 is 1.25 bits per heavy atom. The maximum Gasteiger partial charge on any atom is 0.0729 e. The van der Waals surface area contributed by atoms with Crippen molar-refractivity contribution >= 4 is 11.8 Å². The third-order valence-electron chi connectivity index (χ3n) is 4.66. The molecule has 1 N–H and O–H groups in total. The van der Waals surface area contributed by atoms with Crippen LogP contribution in [-0.4, -0.2) is 49.5 Å². The minimum atomic E-state index is 0.129. The van der Waals surface area contributed by atoms with E-state index in [1.807, 2.05) is 0 Å². The molecule has 0 aliphatic carbocycles. The van der Waals surface area contributed by atoms with Gasteiger partial charge in [-0.15, -0.1) is 0 Å². The smallest absolute Gasteiger partial charge is 0.0729 e. The van der Waals surface area contributed by atoms with Crippen molar-refractivity contribution < 1.29 is 9.47 Å². The van der Waals surface area contributed by atoms with Gasteiger partial charge in [0, 0.05) is 31.6 Å². The van der Waals surface area contributed by atoms with Gasteiger partial charge in [-0.1, -0.05) is 13.8 Å². The van der Waals surface area contributed by atoms with Crippen LogP contribution in [0.15, 0.2) is 0 Å². The lowest BCUT2D eigenvalue weighted by Crippen LogP contribution is -2.50. The van der Waals surface area contributed by atoms with Crippen LogP contribution >= 0.6 is 11.8 Å². The molecule has 1 spiro atoms. The van der Waals surface area contributed by atoms with Crippen LogP contribution < -0.4 is 5.32 Å². The maximum absolute atomic E-state index is 6.18. The summed E-state index contributed by atoms with van der Waals surface area (Å²) >= 11 is 2.07. The zero-order valence-electron chi connectivity index (χ0n) is 13.2. The second-order valence-electron chi connectivity index (χ2n) is 6.12. The van der Waals surface area contributed by atoms with Crippen molar-refractivity contribution in [1.82, 2.24) is 5.32 Å². The van der Waals surface area contributed by atoms with Crippen molar-refractivity contribution in [1.29, 1.82) is 0 Å². The predicted octanol–water partition coefficient (Wildman–Crippen LogP) is 3.08. The molecule has 2 heterocycles. The first-order valence-corrected chi connectivity index (χ1v) is 9.48. The van der Waals surface area contributed by atoms with Crippen molar-refractivity contribution in [3.8, 4) is 0 Å². The van der Waals surface area contributed by atoms with E-state index in [1.54, 1.807) is 0 Å². The molecule has 0 aromatic heterocycles. The van der Waals surface area contributed by atoms with Crippen molar-refractivity contribution in [3.63, 3.8) is 0 Å². The summed E-state index contributed by atoms with van der Waals surface area (Å²) in [6.45, 7) is 8.34. The Morgan fingerprint density at radius 3 is 2.75 bits per heavy atom. The topological polar surface area (TPSA) is 30.5 Å². The molecule has 3 nitrogen and oxygen atoms in total. The fraction of sp³-hybridized carbons (Fsp3) is 1.00. The Bertz CT molecular complexity index is 256. The largest absolute Gasteiger partial charge is 0.381 e. The lowest BCUT2D eigenvalue weighted by molar-refractivity contribution is -0.149. The number of rotatable bonds is 7. The molecule has 20 heavy (non-hydrogen) atoms. The Kier molecular flexibility index (Phi) is 7.15. The number of ether oxygens (including phenoxy) is 2. The van der Waals surface area contributed by atoms with Gasteiger partial charge in [-0.25, -0.2) is 0 Å². The minimum Gasteiger partial charge on any atom is -0.381 e. The van der Waals surface area contributed by atoms with E-state index in [0.29, 0.717) is 6.04 Å². The Labute approximate surface area is 128 Å². The number of hydrogen-bond donors (Lipinski definition) is 1. The lowest BCUT2D eigenvalue weighted by atomic mass is 9.78. The molecule has 4 heteroatoms. The maximum atomic E-state index is 6.18. The van der Waals surface area contributed by atoms with Crippen LogP contribution in [0.3, 0.4) is 0 Å². The van der Waals surface area contributed by atoms with E-state index in [9.17, 15) is 0 Å². The zero-order valence-corrected chi connectivity index (χ0v) is 14.0. The molecule has 118 valence electrons. The molecule has 2 saturated heterocycles. The fourth-order valence-corrected chi connectivity index (χ4v) is 4.32. The van der Waals surface area contributed by atoms with E-state index in [4.69, 9.17) is 9.47 Å². The first-order chi connectivity index (χ1) is 9.79. The molecule has 0 aromatic rings. The molecule has 2 aliphatic heterocycles. The molecule has 0 bridgehead atoms. The molecule has 2 aliphatic rings. The quantitative estimate of drug-likeness (QED) is 0.783. The summed E-state index contributed by atoms with van der Waals surface area (Å²) in [6.07, 6.45) is 5.83. The van der Waals surface area contributed by atoms with Crippen LogP contribution in [0.25, 0.3) is 0 Å². The van der Waals surface area contributed by atoms with E-state index in [1.165, 1.54) is 30.8 Å². The van der Waals surface area contributed by atoms with Gasteiger partial charge < -0.3 is 14.8 Å². The van der Waals surface area contributed by atoms with Gasteiger partial charge in [0.2, 0.25) is 0 Å². The average molecular weight is 301 g/mol. The third-order valence-corrected chi connectivity index (χ3v) is 5.67. The molecule has 2 unspecified atom stereocenters. The summed E-state index contributed by atoms with van der Waals surface area (Å²) in [5.74, 6) is 3.23. The predicted molar refractivity (Wildman–Crippen MR) is 86.5 cm³/mol. The van der Waals surface area contributed by atoms with Crippen molar-refractivity contribution in [2.75, 3.05) is 37.9 Å². The highest BCUT2D eigenvalue weighted by atomic mass is 32.2.